The van der Waals surface area contributed by atoms with Crippen LogP contribution in [-0.4, -0.2) is 4.92 Å². The Bertz CT molecular complexity index is 316. The maximum atomic E-state index is 12.6. The van der Waals surface area contributed by atoms with E-state index in [-0.39, 0.29) is 11.4 Å². The van der Waals surface area contributed by atoms with Crippen molar-refractivity contribution in [3.63, 3.8) is 0 Å². The SMILES string of the molecule is NNc1cc(F)cc([N+](=O)[O-])c1. The second-order valence-corrected chi connectivity index (χ2v) is 2.10. The van der Waals surface area contributed by atoms with Crippen molar-refractivity contribution in [2.75, 3.05) is 5.43 Å². The van der Waals surface area contributed by atoms with Crippen molar-refractivity contribution < 1.29 is 9.31 Å². The first kappa shape index (κ1) is 8.41. The molecule has 0 unspecified atom stereocenters. The van der Waals surface area contributed by atoms with Gasteiger partial charge in [-0.25, -0.2) is 4.39 Å². The molecule has 1 aromatic carbocycles. The van der Waals surface area contributed by atoms with Gasteiger partial charge in [-0.15, -0.1) is 0 Å². The number of nitrogen functional groups attached to an aromatic ring is 1. The minimum absolute atomic E-state index is 0.168. The maximum absolute atomic E-state index is 12.6. The molecule has 0 atom stereocenters. The predicted molar refractivity (Wildman–Crippen MR) is 40.9 cm³/mol. The van der Waals surface area contributed by atoms with Crippen LogP contribution in [0, 0.1) is 15.9 Å². The van der Waals surface area contributed by atoms with Crippen molar-refractivity contribution >= 4 is 11.4 Å². The zero-order chi connectivity index (χ0) is 9.14. The topological polar surface area (TPSA) is 81.2 Å². The number of nitro benzene ring substituents is 1. The van der Waals surface area contributed by atoms with E-state index in [9.17, 15) is 14.5 Å². The molecule has 0 amide bonds. The van der Waals surface area contributed by atoms with Crippen LogP contribution < -0.4 is 11.3 Å². The van der Waals surface area contributed by atoms with E-state index in [1.165, 1.54) is 0 Å². The summed E-state index contributed by atoms with van der Waals surface area (Å²) in [5.74, 6) is 4.25. The van der Waals surface area contributed by atoms with Crippen LogP contribution in [0.25, 0.3) is 0 Å². The first-order chi connectivity index (χ1) is 5.63. The predicted octanol–water partition coefficient (Wildman–Crippen LogP) is 1.02. The molecule has 0 heterocycles. The molecule has 12 heavy (non-hydrogen) atoms. The number of hydrazine groups is 1. The van der Waals surface area contributed by atoms with Gasteiger partial charge in [-0.1, -0.05) is 0 Å². The third-order valence-electron chi connectivity index (χ3n) is 1.26. The molecule has 0 saturated carbocycles. The third-order valence-corrected chi connectivity index (χ3v) is 1.26. The standard InChI is InChI=1S/C6H6FN3O2/c7-4-1-5(9-8)3-6(2-4)10(11)12/h1-3,9H,8H2. The number of nitrogens with one attached hydrogen (secondary N) is 1. The lowest BCUT2D eigenvalue weighted by molar-refractivity contribution is -0.385. The Morgan fingerprint density at radius 2 is 2.17 bits per heavy atom. The van der Waals surface area contributed by atoms with Crippen molar-refractivity contribution in [3.05, 3.63) is 34.1 Å². The van der Waals surface area contributed by atoms with Gasteiger partial charge in [-0.3, -0.25) is 16.0 Å². The van der Waals surface area contributed by atoms with Crippen LogP contribution in [0.3, 0.4) is 0 Å². The van der Waals surface area contributed by atoms with E-state index in [2.05, 4.69) is 5.43 Å². The molecule has 1 rings (SSSR count). The highest BCUT2D eigenvalue weighted by Gasteiger charge is 2.08. The number of halogens is 1. The fourth-order valence-corrected chi connectivity index (χ4v) is 0.763. The van der Waals surface area contributed by atoms with Gasteiger partial charge in [-0.2, -0.15) is 0 Å². The smallest absolute Gasteiger partial charge is 0.274 e. The molecule has 0 bridgehead atoms. The minimum Gasteiger partial charge on any atom is -0.324 e. The Hall–Kier alpha value is -1.69. The highest BCUT2D eigenvalue weighted by molar-refractivity contribution is 5.50. The van der Waals surface area contributed by atoms with Gasteiger partial charge in [0.1, 0.15) is 5.82 Å². The monoisotopic (exact) mass is 171 g/mol. The number of hydrogen-bond acceptors (Lipinski definition) is 4. The molecular weight excluding hydrogens is 165 g/mol. The van der Waals surface area contributed by atoms with Crippen molar-refractivity contribution in [2.24, 2.45) is 5.84 Å². The van der Waals surface area contributed by atoms with Crippen LogP contribution >= 0.6 is 0 Å². The van der Waals surface area contributed by atoms with E-state index in [1.807, 2.05) is 0 Å². The van der Waals surface area contributed by atoms with Crippen LogP contribution in [0.15, 0.2) is 18.2 Å². The Morgan fingerprint density at radius 1 is 1.50 bits per heavy atom. The molecule has 64 valence electrons. The zero-order valence-corrected chi connectivity index (χ0v) is 5.95. The summed E-state index contributed by atoms with van der Waals surface area (Å²) in [5, 5.41) is 10.2. The number of non-ortho nitro benzene ring substituents is 1. The Labute approximate surface area is 67.1 Å². The van der Waals surface area contributed by atoms with E-state index in [4.69, 9.17) is 5.84 Å². The lowest BCUT2D eigenvalue weighted by Gasteiger charge is -1.98. The van der Waals surface area contributed by atoms with Crippen LogP contribution in [0.4, 0.5) is 15.8 Å². The molecule has 0 aliphatic rings. The summed E-state index contributed by atoms with van der Waals surface area (Å²) in [5.41, 5.74) is 1.96. The quantitative estimate of drug-likeness (QED) is 0.395. The Morgan fingerprint density at radius 3 is 2.67 bits per heavy atom. The van der Waals surface area contributed by atoms with Crippen molar-refractivity contribution in [3.8, 4) is 0 Å². The molecule has 0 aromatic heterocycles. The molecular formula is C6H6FN3O2. The van der Waals surface area contributed by atoms with E-state index in [1.54, 1.807) is 0 Å². The highest BCUT2D eigenvalue weighted by Crippen LogP contribution is 2.18. The number of rotatable bonds is 2. The van der Waals surface area contributed by atoms with Gasteiger partial charge >= 0.3 is 0 Å². The second kappa shape index (κ2) is 3.14. The maximum Gasteiger partial charge on any atom is 0.274 e. The van der Waals surface area contributed by atoms with E-state index in [0.717, 1.165) is 18.2 Å². The van der Waals surface area contributed by atoms with Gasteiger partial charge in [0, 0.05) is 6.07 Å². The highest BCUT2D eigenvalue weighted by atomic mass is 19.1. The molecule has 0 fully saturated rings. The second-order valence-electron chi connectivity index (χ2n) is 2.10. The van der Waals surface area contributed by atoms with E-state index < -0.39 is 10.7 Å². The number of anilines is 1. The largest absolute Gasteiger partial charge is 0.324 e. The average Bonchev–Trinajstić information content (AvgIpc) is 2.03. The fraction of sp³-hybridized carbons (Fsp3) is 0. The first-order valence-electron chi connectivity index (χ1n) is 3.05. The van der Waals surface area contributed by atoms with Crippen molar-refractivity contribution in [1.29, 1.82) is 0 Å². The fourth-order valence-electron chi connectivity index (χ4n) is 0.763. The summed E-state index contributed by atoms with van der Waals surface area (Å²) in [6.07, 6.45) is 0. The molecule has 3 N–H and O–H groups in total. The molecule has 6 heteroatoms. The summed E-state index contributed by atoms with van der Waals surface area (Å²) in [7, 11) is 0. The summed E-state index contributed by atoms with van der Waals surface area (Å²) in [4.78, 5) is 9.50. The van der Waals surface area contributed by atoms with Gasteiger partial charge in [0.05, 0.1) is 16.7 Å². The molecule has 1 aromatic rings. The van der Waals surface area contributed by atoms with Gasteiger partial charge in [0.15, 0.2) is 0 Å². The number of hydrogen-bond donors (Lipinski definition) is 2. The van der Waals surface area contributed by atoms with Crippen molar-refractivity contribution in [1.82, 2.24) is 0 Å². The van der Waals surface area contributed by atoms with Crippen molar-refractivity contribution in [2.45, 2.75) is 0 Å². The van der Waals surface area contributed by atoms with Gasteiger partial charge in [0.2, 0.25) is 0 Å². The van der Waals surface area contributed by atoms with Gasteiger partial charge < -0.3 is 5.43 Å². The summed E-state index contributed by atoms with van der Waals surface area (Å²) in [6.45, 7) is 0. The van der Waals surface area contributed by atoms with E-state index >= 15 is 0 Å². The molecule has 5 nitrogen and oxygen atoms in total. The van der Waals surface area contributed by atoms with Gasteiger partial charge in [-0.05, 0) is 6.07 Å². The Balaban J connectivity index is 3.15. The Kier molecular flexibility index (Phi) is 2.20. The third kappa shape index (κ3) is 1.67. The molecule has 0 aliphatic carbocycles. The molecule has 0 radical (unpaired) electrons. The summed E-state index contributed by atoms with van der Waals surface area (Å²) >= 11 is 0. The van der Waals surface area contributed by atoms with Crippen LogP contribution in [0.1, 0.15) is 0 Å². The number of nitrogens with two attached hydrogens (primary N) is 1. The van der Waals surface area contributed by atoms with Crippen LogP contribution in [0.2, 0.25) is 0 Å². The summed E-state index contributed by atoms with van der Waals surface area (Å²) in [6, 6.07) is 3.02. The van der Waals surface area contributed by atoms with Crippen LogP contribution in [0.5, 0.6) is 0 Å². The summed E-state index contributed by atoms with van der Waals surface area (Å²) < 4.78 is 12.6. The molecule has 0 spiro atoms. The number of benzene rings is 1. The lowest BCUT2D eigenvalue weighted by Crippen LogP contribution is -2.07. The van der Waals surface area contributed by atoms with E-state index in [0.29, 0.717) is 0 Å². The number of nitro groups is 1. The first-order valence-corrected chi connectivity index (χ1v) is 3.05. The molecule has 0 saturated heterocycles. The van der Waals surface area contributed by atoms with Crippen LogP contribution in [-0.2, 0) is 0 Å². The minimum atomic E-state index is -0.697. The molecule has 0 aliphatic heterocycles. The average molecular weight is 171 g/mol. The zero-order valence-electron chi connectivity index (χ0n) is 5.95. The van der Waals surface area contributed by atoms with Gasteiger partial charge in [0.25, 0.3) is 5.69 Å². The normalized spacial score (nSPS) is 9.50. The number of nitrogens with zero attached hydrogens (tertiary/aromatic N) is 1. The lowest BCUT2D eigenvalue weighted by atomic mass is 10.3.